The monoisotopic (exact) mass is 415 g/mol. The maximum atomic E-state index is 11.6. The van der Waals surface area contributed by atoms with Gasteiger partial charge in [0.1, 0.15) is 11.6 Å². The lowest BCUT2D eigenvalue weighted by molar-refractivity contribution is -0.123. The van der Waals surface area contributed by atoms with Gasteiger partial charge in [0.25, 0.3) is 0 Å². The molecule has 8 nitrogen and oxygen atoms in total. The fraction of sp³-hybridized carbons (Fsp3) is 0.450. The molecule has 3 aromatic rings. The number of hydrogen-bond donors (Lipinski definition) is 2. The van der Waals surface area contributed by atoms with Gasteiger partial charge >= 0.3 is 0 Å². The summed E-state index contributed by atoms with van der Waals surface area (Å²) in [7, 11) is 0. The van der Waals surface area contributed by atoms with Crippen molar-refractivity contribution in [2.75, 3.05) is 19.7 Å². The van der Waals surface area contributed by atoms with E-state index in [-0.39, 0.29) is 23.7 Å². The van der Waals surface area contributed by atoms with Crippen molar-refractivity contribution < 1.29 is 14.6 Å². The van der Waals surface area contributed by atoms with E-state index in [2.05, 4.69) is 15.0 Å². The largest absolute Gasteiger partial charge is 0.494 e. The fourth-order valence-electron chi connectivity index (χ4n) is 3.91. The molecular weight excluding hydrogens is 390 g/mol. The van der Waals surface area contributed by atoms with Crippen molar-refractivity contribution in [2.45, 2.75) is 32.7 Å². The molecule has 1 atom stereocenters. The molecule has 1 aromatic carbocycles. The zero-order chi connectivity index (χ0) is 20.5. The molecule has 1 amide bonds. The number of amides is 1. The Bertz CT molecular complexity index is 1010. The minimum Gasteiger partial charge on any atom is -0.494 e. The number of likely N-dealkylation sites (tertiary alicyclic amines) is 1. The van der Waals surface area contributed by atoms with Gasteiger partial charge in [-0.2, -0.15) is 4.52 Å². The Morgan fingerprint density at radius 1 is 1.34 bits per heavy atom. The summed E-state index contributed by atoms with van der Waals surface area (Å²) >= 11 is 1.44. The molecule has 0 aliphatic carbocycles. The smallest absolute Gasteiger partial charge is 0.230 e. The maximum Gasteiger partial charge on any atom is 0.230 e. The van der Waals surface area contributed by atoms with E-state index in [1.165, 1.54) is 15.9 Å². The summed E-state index contributed by atoms with van der Waals surface area (Å²) < 4.78 is 7.06. The number of carbonyl (C=O) groups excluding carboxylic acids is 1. The molecule has 0 saturated carbocycles. The molecule has 0 unspecified atom stereocenters. The number of nitrogens with two attached hydrogens (primary N) is 1. The molecule has 9 heteroatoms. The predicted octanol–water partition coefficient (Wildman–Crippen LogP) is 2.49. The summed E-state index contributed by atoms with van der Waals surface area (Å²) in [4.78, 5) is 19.7. The normalized spacial score (nSPS) is 16.9. The third kappa shape index (κ3) is 3.79. The van der Waals surface area contributed by atoms with E-state index >= 15 is 0 Å². The van der Waals surface area contributed by atoms with Crippen molar-refractivity contribution in [1.82, 2.24) is 19.5 Å². The van der Waals surface area contributed by atoms with Crippen LogP contribution in [0, 0.1) is 12.8 Å². The molecule has 4 rings (SSSR count). The van der Waals surface area contributed by atoms with Crippen LogP contribution in [0.1, 0.15) is 42.1 Å². The standard InChI is InChI=1S/C20H25N5O3S/c1-3-28-15-6-4-13(5-7-15)16(24-10-8-14(9-11-24)18(21)26)17-19(27)25-20(29-17)22-12(2)23-25/h4-7,14,16,27H,3,8-11H2,1-2H3,(H2,21,26)/t16-/m1/s1. The van der Waals surface area contributed by atoms with E-state index < -0.39 is 0 Å². The highest BCUT2D eigenvalue weighted by molar-refractivity contribution is 7.17. The van der Waals surface area contributed by atoms with Crippen molar-refractivity contribution >= 4 is 22.2 Å². The van der Waals surface area contributed by atoms with Crippen LogP contribution in [0.25, 0.3) is 4.96 Å². The maximum absolute atomic E-state index is 11.6. The lowest BCUT2D eigenvalue weighted by atomic mass is 9.93. The lowest BCUT2D eigenvalue weighted by Gasteiger charge is -2.36. The van der Waals surface area contributed by atoms with Crippen molar-refractivity contribution in [2.24, 2.45) is 11.7 Å². The molecule has 3 heterocycles. The van der Waals surface area contributed by atoms with E-state index in [0.717, 1.165) is 29.3 Å². The molecule has 0 bridgehead atoms. The number of primary amides is 1. The molecule has 0 radical (unpaired) electrons. The first-order valence-corrected chi connectivity index (χ1v) is 10.6. The molecule has 154 valence electrons. The van der Waals surface area contributed by atoms with Crippen molar-refractivity contribution in [1.29, 1.82) is 0 Å². The molecule has 0 spiro atoms. The Kier molecular flexibility index (Phi) is 5.42. The number of piperidine rings is 1. The lowest BCUT2D eigenvalue weighted by Crippen LogP contribution is -2.40. The highest BCUT2D eigenvalue weighted by atomic mass is 32.1. The molecule has 1 aliphatic heterocycles. The zero-order valence-corrected chi connectivity index (χ0v) is 17.4. The number of rotatable bonds is 6. The molecular formula is C20H25N5O3S. The number of fused-ring (bicyclic) bond motifs is 1. The Hall–Kier alpha value is -2.65. The molecule has 3 N–H and O–H groups in total. The van der Waals surface area contributed by atoms with Crippen LogP contribution >= 0.6 is 11.3 Å². The minimum atomic E-state index is -0.237. The average Bonchev–Trinajstić information content (AvgIpc) is 3.21. The van der Waals surface area contributed by atoms with Gasteiger partial charge in [0.2, 0.25) is 16.7 Å². The van der Waals surface area contributed by atoms with Gasteiger partial charge in [-0.1, -0.05) is 23.5 Å². The summed E-state index contributed by atoms with van der Waals surface area (Å²) in [6, 6.07) is 7.78. The number of aromatic nitrogens is 3. The van der Waals surface area contributed by atoms with Crippen molar-refractivity contribution in [3.05, 3.63) is 40.5 Å². The Labute approximate surface area is 172 Å². The van der Waals surface area contributed by atoms with Gasteiger partial charge in [-0.05, 0) is 57.5 Å². The van der Waals surface area contributed by atoms with Crippen LogP contribution in [0.3, 0.4) is 0 Å². The van der Waals surface area contributed by atoms with Crippen LogP contribution in [-0.4, -0.2) is 50.2 Å². The highest BCUT2D eigenvalue weighted by Crippen LogP contribution is 2.41. The van der Waals surface area contributed by atoms with Crippen LogP contribution in [0.2, 0.25) is 0 Å². The van der Waals surface area contributed by atoms with Crippen molar-refractivity contribution in [3.63, 3.8) is 0 Å². The third-order valence-electron chi connectivity index (χ3n) is 5.36. The number of carbonyl (C=O) groups is 1. The molecule has 1 fully saturated rings. The van der Waals surface area contributed by atoms with E-state index in [4.69, 9.17) is 10.5 Å². The predicted molar refractivity (Wildman–Crippen MR) is 110 cm³/mol. The Balaban J connectivity index is 1.71. The quantitative estimate of drug-likeness (QED) is 0.641. The average molecular weight is 416 g/mol. The topological polar surface area (TPSA) is 106 Å². The summed E-state index contributed by atoms with van der Waals surface area (Å²) in [5.74, 6) is 1.22. The third-order valence-corrected chi connectivity index (χ3v) is 6.43. The molecule has 29 heavy (non-hydrogen) atoms. The number of benzene rings is 1. The van der Waals surface area contributed by atoms with E-state index in [1.807, 2.05) is 31.2 Å². The minimum absolute atomic E-state index is 0.0919. The second kappa shape index (κ2) is 8.00. The van der Waals surface area contributed by atoms with Gasteiger partial charge < -0.3 is 15.6 Å². The SMILES string of the molecule is CCOc1ccc([C@H](c2sc3nc(C)nn3c2O)N2CCC(C(N)=O)CC2)cc1. The Morgan fingerprint density at radius 3 is 2.62 bits per heavy atom. The van der Waals surface area contributed by atoms with Gasteiger partial charge in [-0.15, -0.1) is 5.10 Å². The van der Waals surface area contributed by atoms with Gasteiger partial charge in [0.05, 0.1) is 17.5 Å². The van der Waals surface area contributed by atoms with E-state index in [0.29, 0.717) is 30.2 Å². The summed E-state index contributed by atoms with van der Waals surface area (Å²) in [5.41, 5.74) is 6.55. The molecule has 2 aromatic heterocycles. The van der Waals surface area contributed by atoms with Gasteiger partial charge in [0.15, 0.2) is 0 Å². The first kappa shape index (κ1) is 19.7. The van der Waals surface area contributed by atoms with Crippen LogP contribution in [0.5, 0.6) is 11.6 Å². The summed E-state index contributed by atoms with van der Waals surface area (Å²) in [5, 5.41) is 15.2. The highest BCUT2D eigenvalue weighted by Gasteiger charge is 2.33. The second-order valence-corrected chi connectivity index (χ2v) is 8.27. The van der Waals surface area contributed by atoms with Crippen LogP contribution < -0.4 is 10.5 Å². The number of aryl methyl sites for hydroxylation is 1. The number of ether oxygens (including phenoxy) is 1. The molecule has 1 aliphatic rings. The number of thiazole rings is 1. The summed E-state index contributed by atoms with van der Waals surface area (Å²) in [6.45, 7) is 5.80. The second-order valence-electron chi connectivity index (χ2n) is 7.26. The van der Waals surface area contributed by atoms with Crippen LogP contribution in [0.4, 0.5) is 0 Å². The fourth-order valence-corrected chi connectivity index (χ4v) is 5.07. The summed E-state index contributed by atoms with van der Waals surface area (Å²) in [6.07, 6.45) is 1.42. The first-order valence-electron chi connectivity index (χ1n) is 9.79. The molecule has 1 saturated heterocycles. The Morgan fingerprint density at radius 2 is 2.03 bits per heavy atom. The van der Waals surface area contributed by atoms with Gasteiger partial charge in [-0.3, -0.25) is 9.69 Å². The van der Waals surface area contributed by atoms with Gasteiger partial charge in [-0.25, -0.2) is 4.98 Å². The van der Waals surface area contributed by atoms with Gasteiger partial charge in [0, 0.05) is 5.92 Å². The number of nitrogens with zero attached hydrogens (tertiary/aromatic N) is 4. The van der Waals surface area contributed by atoms with Crippen LogP contribution in [0.15, 0.2) is 24.3 Å². The van der Waals surface area contributed by atoms with Crippen LogP contribution in [-0.2, 0) is 4.79 Å². The van der Waals surface area contributed by atoms with Crippen molar-refractivity contribution in [3.8, 4) is 11.6 Å². The first-order chi connectivity index (χ1) is 14.0. The van der Waals surface area contributed by atoms with E-state index in [9.17, 15) is 9.90 Å². The van der Waals surface area contributed by atoms with E-state index in [1.54, 1.807) is 6.92 Å². The zero-order valence-electron chi connectivity index (χ0n) is 16.5. The number of hydrogen-bond acceptors (Lipinski definition) is 7. The number of aromatic hydroxyl groups is 1.